The van der Waals surface area contributed by atoms with Gasteiger partial charge < -0.3 is 14.6 Å². The van der Waals surface area contributed by atoms with Crippen molar-refractivity contribution in [1.82, 2.24) is 5.16 Å². The number of carbonyl (C=O) groups excluding carboxylic acids is 1. The zero-order valence-electron chi connectivity index (χ0n) is 12.8. The number of ether oxygens (including phenoxy) is 1. The lowest BCUT2D eigenvalue weighted by Crippen LogP contribution is -2.15. The van der Waals surface area contributed by atoms with E-state index in [1.165, 1.54) is 0 Å². The van der Waals surface area contributed by atoms with Gasteiger partial charge in [-0.05, 0) is 26.0 Å². The highest BCUT2D eigenvalue weighted by Gasteiger charge is 2.23. The third-order valence-corrected chi connectivity index (χ3v) is 3.08. The number of para-hydroxylation sites is 2. The summed E-state index contributed by atoms with van der Waals surface area (Å²) in [6.07, 6.45) is 0. The molecular weight excluding hydrogens is 268 g/mol. The lowest BCUT2D eigenvalue weighted by atomic mass is 10.0. The summed E-state index contributed by atoms with van der Waals surface area (Å²) in [5.41, 5.74) is 1.72. The van der Waals surface area contributed by atoms with Crippen LogP contribution in [0.25, 0.3) is 0 Å². The maximum absolute atomic E-state index is 12.5. The third kappa shape index (κ3) is 3.24. The second-order valence-corrected chi connectivity index (χ2v) is 5.05. The van der Waals surface area contributed by atoms with E-state index in [1.807, 2.05) is 39.0 Å². The van der Waals surface area contributed by atoms with E-state index < -0.39 is 0 Å². The van der Waals surface area contributed by atoms with Crippen LogP contribution in [0.15, 0.2) is 28.8 Å². The molecule has 0 fully saturated rings. The van der Waals surface area contributed by atoms with E-state index in [2.05, 4.69) is 10.5 Å². The number of benzene rings is 1. The highest BCUT2D eigenvalue weighted by molar-refractivity contribution is 6.06. The number of aryl methyl sites for hydroxylation is 1. The Bertz CT molecular complexity index is 632. The molecule has 5 nitrogen and oxygen atoms in total. The van der Waals surface area contributed by atoms with Crippen LogP contribution in [0.4, 0.5) is 5.69 Å². The highest BCUT2D eigenvalue weighted by Crippen LogP contribution is 2.27. The number of anilines is 1. The van der Waals surface area contributed by atoms with Crippen LogP contribution in [0.5, 0.6) is 5.75 Å². The van der Waals surface area contributed by atoms with Crippen molar-refractivity contribution < 1.29 is 14.1 Å². The summed E-state index contributed by atoms with van der Waals surface area (Å²) in [7, 11) is 0. The molecule has 0 spiro atoms. The van der Waals surface area contributed by atoms with E-state index in [0.717, 1.165) is 0 Å². The minimum Gasteiger partial charge on any atom is -0.492 e. The Kier molecular flexibility index (Phi) is 4.62. The molecule has 0 atom stereocenters. The second kappa shape index (κ2) is 6.43. The molecule has 0 unspecified atom stereocenters. The molecule has 1 heterocycles. The zero-order valence-corrected chi connectivity index (χ0v) is 12.8. The fourth-order valence-corrected chi connectivity index (χ4v) is 2.09. The Morgan fingerprint density at radius 2 is 2.10 bits per heavy atom. The van der Waals surface area contributed by atoms with Crippen molar-refractivity contribution in [2.75, 3.05) is 11.9 Å². The molecule has 0 aliphatic heterocycles. The Morgan fingerprint density at radius 3 is 2.76 bits per heavy atom. The minimum atomic E-state index is -0.232. The van der Waals surface area contributed by atoms with Crippen LogP contribution >= 0.6 is 0 Å². The van der Waals surface area contributed by atoms with Crippen LogP contribution in [0, 0.1) is 6.92 Å². The van der Waals surface area contributed by atoms with E-state index >= 15 is 0 Å². The van der Waals surface area contributed by atoms with E-state index in [1.54, 1.807) is 13.0 Å². The molecule has 0 aliphatic rings. The SMILES string of the molecule is CCOc1ccccc1NC(=O)c1c(C)noc1C(C)C. The first-order valence-electron chi connectivity index (χ1n) is 7.04. The number of hydrogen-bond donors (Lipinski definition) is 1. The summed E-state index contributed by atoms with van der Waals surface area (Å²) in [5, 5.41) is 6.76. The van der Waals surface area contributed by atoms with Crippen LogP contribution < -0.4 is 10.1 Å². The fourth-order valence-electron chi connectivity index (χ4n) is 2.09. The molecular formula is C16H20N2O3. The maximum Gasteiger partial charge on any atom is 0.261 e. The quantitative estimate of drug-likeness (QED) is 0.909. The van der Waals surface area contributed by atoms with Gasteiger partial charge in [0.15, 0.2) is 5.76 Å². The van der Waals surface area contributed by atoms with E-state index in [0.29, 0.717) is 35.1 Å². The summed E-state index contributed by atoms with van der Waals surface area (Å²) >= 11 is 0. The molecule has 0 aliphatic carbocycles. The van der Waals surface area contributed by atoms with Crippen molar-refractivity contribution in [3.63, 3.8) is 0 Å². The second-order valence-electron chi connectivity index (χ2n) is 5.05. The Morgan fingerprint density at radius 1 is 1.38 bits per heavy atom. The molecule has 1 N–H and O–H groups in total. The molecule has 1 aromatic heterocycles. The van der Waals surface area contributed by atoms with Crippen molar-refractivity contribution in [3.05, 3.63) is 41.3 Å². The number of aromatic nitrogens is 1. The zero-order chi connectivity index (χ0) is 15.4. The smallest absolute Gasteiger partial charge is 0.261 e. The number of carbonyl (C=O) groups is 1. The average Bonchev–Trinajstić information content (AvgIpc) is 2.83. The standard InChI is InChI=1S/C16H20N2O3/c1-5-20-13-9-7-6-8-12(13)17-16(19)14-11(4)18-21-15(14)10(2)3/h6-10H,5H2,1-4H3,(H,17,19). The van der Waals surface area contributed by atoms with Crippen molar-refractivity contribution in [2.45, 2.75) is 33.6 Å². The molecule has 2 rings (SSSR count). The molecule has 0 radical (unpaired) electrons. The van der Waals surface area contributed by atoms with E-state index in [-0.39, 0.29) is 11.8 Å². The molecule has 1 amide bonds. The van der Waals surface area contributed by atoms with E-state index in [4.69, 9.17) is 9.26 Å². The fraction of sp³-hybridized carbons (Fsp3) is 0.375. The van der Waals surface area contributed by atoms with Gasteiger partial charge in [0.1, 0.15) is 11.3 Å². The molecule has 2 aromatic rings. The van der Waals surface area contributed by atoms with Gasteiger partial charge in [0.2, 0.25) is 0 Å². The summed E-state index contributed by atoms with van der Waals surface area (Å²) in [6, 6.07) is 7.34. The molecule has 21 heavy (non-hydrogen) atoms. The van der Waals surface area contributed by atoms with Crippen molar-refractivity contribution in [1.29, 1.82) is 0 Å². The third-order valence-electron chi connectivity index (χ3n) is 3.08. The number of nitrogens with zero attached hydrogens (tertiary/aromatic N) is 1. The van der Waals surface area contributed by atoms with Crippen molar-refractivity contribution in [3.8, 4) is 5.75 Å². The van der Waals surface area contributed by atoms with Crippen molar-refractivity contribution in [2.24, 2.45) is 0 Å². The van der Waals surface area contributed by atoms with Crippen LogP contribution in [0.3, 0.4) is 0 Å². The molecule has 1 aromatic carbocycles. The maximum atomic E-state index is 12.5. The summed E-state index contributed by atoms with van der Waals surface area (Å²) in [6.45, 7) is 8.13. The largest absolute Gasteiger partial charge is 0.492 e. The van der Waals surface area contributed by atoms with Crippen LogP contribution in [0.2, 0.25) is 0 Å². The molecule has 0 bridgehead atoms. The van der Waals surface area contributed by atoms with Crippen LogP contribution in [-0.2, 0) is 0 Å². The first-order valence-corrected chi connectivity index (χ1v) is 7.04. The lowest BCUT2D eigenvalue weighted by molar-refractivity contribution is 0.102. The Labute approximate surface area is 124 Å². The van der Waals surface area contributed by atoms with Crippen LogP contribution in [-0.4, -0.2) is 17.7 Å². The van der Waals surface area contributed by atoms with Gasteiger partial charge in [0.25, 0.3) is 5.91 Å². The average molecular weight is 288 g/mol. The van der Waals surface area contributed by atoms with Gasteiger partial charge in [-0.3, -0.25) is 4.79 Å². The number of hydrogen-bond acceptors (Lipinski definition) is 4. The predicted octanol–water partition coefficient (Wildman–Crippen LogP) is 3.76. The number of rotatable bonds is 5. The van der Waals surface area contributed by atoms with Gasteiger partial charge in [-0.25, -0.2) is 0 Å². The Hall–Kier alpha value is -2.30. The van der Waals surface area contributed by atoms with Gasteiger partial charge in [0.05, 0.1) is 18.0 Å². The molecule has 0 saturated heterocycles. The molecule has 5 heteroatoms. The van der Waals surface area contributed by atoms with E-state index in [9.17, 15) is 4.79 Å². The Balaban J connectivity index is 2.29. The summed E-state index contributed by atoms with van der Waals surface area (Å²) in [5.74, 6) is 1.10. The van der Waals surface area contributed by atoms with Crippen LogP contribution in [0.1, 0.15) is 48.5 Å². The highest BCUT2D eigenvalue weighted by atomic mass is 16.5. The topological polar surface area (TPSA) is 64.4 Å². The first kappa shape index (κ1) is 15.1. The van der Waals surface area contributed by atoms with Gasteiger partial charge in [-0.2, -0.15) is 0 Å². The lowest BCUT2D eigenvalue weighted by Gasteiger charge is -2.11. The number of amides is 1. The molecule has 0 saturated carbocycles. The summed E-state index contributed by atoms with van der Waals surface area (Å²) in [4.78, 5) is 12.5. The summed E-state index contributed by atoms with van der Waals surface area (Å²) < 4.78 is 10.8. The van der Waals surface area contributed by atoms with Gasteiger partial charge in [-0.1, -0.05) is 31.1 Å². The molecule has 112 valence electrons. The normalized spacial score (nSPS) is 10.7. The predicted molar refractivity (Wildman–Crippen MR) is 80.9 cm³/mol. The minimum absolute atomic E-state index is 0.0917. The van der Waals surface area contributed by atoms with Crippen molar-refractivity contribution >= 4 is 11.6 Å². The van der Waals surface area contributed by atoms with Gasteiger partial charge in [-0.15, -0.1) is 0 Å². The van der Waals surface area contributed by atoms with Gasteiger partial charge >= 0.3 is 0 Å². The monoisotopic (exact) mass is 288 g/mol. The first-order chi connectivity index (χ1) is 10.0. The van der Waals surface area contributed by atoms with Gasteiger partial charge in [0, 0.05) is 5.92 Å². The number of nitrogens with one attached hydrogen (secondary N) is 1.